The van der Waals surface area contributed by atoms with Crippen molar-refractivity contribution in [2.45, 2.75) is 72.1 Å². The number of hydrogen-bond donors (Lipinski definition) is 0. The molecule has 2 aliphatic heterocycles. The van der Waals surface area contributed by atoms with Crippen molar-refractivity contribution < 1.29 is 29.0 Å². The van der Waals surface area contributed by atoms with E-state index < -0.39 is 7.12 Å². The standard InChI is InChI=1S/C24H22BN6.C8H12.2C4H8O.Rh/c1-16-4-7-22-19(10-16)13-26-29(22)25(30-23-8-5-17(2)11-20(23)14-27-30)31-24-9-6-18(3)12-21(24)15-28-31;1-2-4-6-8-7-5-3-1;2*1-2-4-5-3-1;/h4-15,25H,1-3H3;1-2,7-8H,3-6H2;2*1-4H2;/q-1;;;;/b;2-1-,8-7-;;;. The molecule has 0 amide bonds. The molecule has 3 aromatic heterocycles. The third-order valence-electron chi connectivity index (χ3n) is 9.18. The average Bonchev–Trinajstić information content (AvgIpc) is 3.94. The molecule has 10 heteroatoms. The van der Waals surface area contributed by atoms with Gasteiger partial charge in [0.05, 0.1) is 18.6 Å². The van der Waals surface area contributed by atoms with Crippen LogP contribution < -0.4 is 0 Å². The minimum absolute atomic E-state index is 0. The number of fused-ring (bicyclic) bond motifs is 3. The van der Waals surface area contributed by atoms with E-state index in [0.717, 1.165) is 59.1 Å². The van der Waals surface area contributed by atoms with Crippen molar-refractivity contribution in [3.8, 4) is 0 Å². The van der Waals surface area contributed by atoms with Gasteiger partial charge in [0, 0.05) is 78.6 Å². The fraction of sp³-hybridized carbons (Fsp3) is 0.375. The Morgan fingerprint density at radius 2 is 0.780 bits per heavy atom. The number of rotatable bonds is 3. The summed E-state index contributed by atoms with van der Waals surface area (Å²) in [5.74, 6) is 0. The summed E-state index contributed by atoms with van der Waals surface area (Å²) >= 11 is 0. The molecule has 2 saturated heterocycles. The van der Waals surface area contributed by atoms with Gasteiger partial charge in [-0.15, -0.1) is 0 Å². The van der Waals surface area contributed by atoms with Crippen molar-refractivity contribution >= 4 is 39.8 Å². The molecule has 3 aliphatic rings. The van der Waals surface area contributed by atoms with Crippen LogP contribution in [0.2, 0.25) is 0 Å². The molecule has 0 N–H and O–H groups in total. The van der Waals surface area contributed by atoms with Crippen LogP contribution in [0.4, 0.5) is 0 Å². The maximum atomic E-state index is 4.94. The van der Waals surface area contributed by atoms with Crippen molar-refractivity contribution in [1.29, 1.82) is 0 Å². The Bertz CT molecular complexity index is 1760. The molecule has 0 atom stereocenters. The number of benzene rings is 3. The molecule has 1 radical (unpaired) electrons. The van der Waals surface area contributed by atoms with Crippen molar-refractivity contribution in [2.75, 3.05) is 26.4 Å². The van der Waals surface area contributed by atoms with Gasteiger partial charge >= 0.3 is 7.12 Å². The van der Waals surface area contributed by atoms with E-state index in [4.69, 9.17) is 24.8 Å². The Morgan fingerprint density at radius 3 is 1.04 bits per heavy atom. The van der Waals surface area contributed by atoms with Crippen LogP contribution >= 0.6 is 0 Å². The minimum Gasteiger partial charge on any atom is -0.396 e. The molecule has 50 heavy (non-hydrogen) atoms. The third kappa shape index (κ3) is 9.68. The number of hydrogen-bond acceptors (Lipinski definition) is 5. The number of aromatic nitrogens is 6. The van der Waals surface area contributed by atoms with Crippen LogP contribution in [-0.4, -0.2) is 62.6 Å². The first-order valence-corrected chi connectivity index (χ1v) is 18.0. The summed E-state index contributed by atoms with van der Waals surface area (Å²) in [5, 5.41) is 17.9. The molecule has 6 aromatic rings. The summed E-state index contributed by atoms with van der Waals surface area (Å²) in [5.41, 5.74) is 6.90. The predicted molar refractivity (Wildman–Crippen MR) is 204 cm³/mol. The largest absolute Gasteiger partial charge is 0.396 e. The first-order chi connectivity index (χ1) is 24.1. The summed E-state index contributed by atoms with van der Waals surface area (Å²) < 4.78 is 16.2. The quantitative estimate of drug-likeness (QED) is 0.134. The van der Waals surface area contributed by atoms with Crippen molar-refractivity contribution in [1.82, 2.24) is 29.1 Å². The summed E-state index contributed by atoms with van der Waals surface area (Å²) in [6, 6.07) is 19.3. The second kappa shape index (κ2) is 19.0. The first-order valence-electron chi connectivity index (χ1n) is 18.0. The third-order valence-corrected chi connectivity index (χ3v) is 9.18. The van der Waals surface area contributed by atoms with E-state index in [1.807, 2.05) is 18.6 Å². The monoisotopic (exact) mass is 760 g/mol. The number of nitrogens with zero attached hydrogens (tertiary/aromatic N) is 6. The molecule has 1 aliphatic carbocycles. The van der Waals surface area contributed by atoms with Gasteiger partial charge < -0.3 is 23.3 Å². The zero-order valence-electron chi connectivity index (χ0n) is 29.8. The molecule has 0 bridgehead atoms. The average molecular weight is 761 g/mol. The molecule has 2 fully saturated rings. The van der Waals surface area contributed by atoms with Crippen LogP contribution in [-0.2, 0) is 29.0 Å². The Morgan fingerprint density at radius 1 is 0.480 bits per heavy atom. The van der Waals surface area contributed by atoms with E-state index in [1.54, 1.807) is 0 Å². The van der Waals surface area contributed by atoms with Gasteiger partial charge in [0.15, 0.2) is 0 Å². The summed E-state index contributed by atoms with van der Waals surface area (Å²) in [6.45, 7) is 10.3. The van der Waals surface area contributed by atoms with E-state index >= 15 is 0 Å². The van der Waals surface area contributed by atoms with Gasteiger partial charge in [-0.2, -0.15) is 0 Å². The topological polar surface area (TPSA) is 71.9 Å². The van der Waals surface area contributed by atoms with Gasteiger partial charge in [-0.1, -0.05) is 59.2 Å². The van der Waals surface area contributed by atoms with E-state index in [0.29, 0.717) is 0 Å². The molecule has 3 aromatic carbocycles. The van der Waals surface area contributed by atoms with Crippen molar-refractivity contribution in [2.24, 2.45) is 0 Å². The second-order valence-electron chi connectivity index (χ2n) is 13.3. The molecule has 9 rings (SSSR count). The Balaban J connectivity index is 0.000000208. The second-order valence-corrected chi connectivity index (χ2v) is 13.3. The molecule has 0 spiro atoms. The zero-order chi connectivity index (χ0) is 33.8. The first kappa shape index (κ1) is 37.4. The molecule has 265 valence electrons. The van der Waals surface area contributed by atoms with Crippen molar-refractivity contribution in [3.63, 3.8) is 0 Å². The van der Waals surface area contributed by atoms with Gasteiger partial charge in [0.2, 0.25) is 0 Å². The van der Waals surface area contributed by atoms with E-state index in [-0.39, 0.29) is 19.5 Å². The molecule has 5 heterocycles. The van der Waals surface area contributed by atoms with Gasteiger partial charge in [-0.05, 0) is 109 Å². The zero-order valence-corrected chi connectivity index (χ0v) is 31.4. The van der Waals surface area contributed by atoms with Gasteiger partial charge in [-0.25, -0.2) is 15.3 Å². The van der Waals surface area contributed by atoms with Crippen LogP contribution in [0.15, 0.2) is 97.5 Å². The van der Waals surface area contributed by atoms with E-state index in [9.17, 15) is 0 Å². The summed E-state index contributed by atoms with van der Waals surface area (Å²) in [7, 11) is -1.50. The normalized spacial score (nSPS) is 16.7. The maximum absolute atomic E-state index is 4.94. The van der Waals surface area contributed by atoms with Gasteiger partial charge in [0.1, 0.15) is 0 Å². The van der Waals surface area contributed by atoms with Gasteiger partial charge in [0.25, 0.3) is 0 Å². The number of allylic oxidation sites excluding steroid dienone is 4. The van der Waals surface area contributed by atoms with Crippen LogP contribution in [0.3, 0.4) is 0 Å². The number of ether oxygens (including phenoxy) is 2. The molecule has 8 nitrogen and oxygen atoms in total. The maximum Gasteiger partial charge on any atom is 0.327 e. The van der Waals surface area contributed by atoms with Crippen LogP contribution in [0, 0.1) is 20.8 Å². The van der Waals surface area contributed by atoms with Crippen LogP contribution in [0.25, 0.3) is 32.7 Å². The van der Waals surface area contributed by atoms with E-state index in [1.165, 1.54) is 68.1 Å². The Labute approximate surface area is 309 Å². The fourth-order valence-electron chi connectivity index (χ4n) is 6.55. The SMILES string of the molecule is C1=C\CC/C=C\CC/1.C1CCOC1.C1CCOC1.Cc1ccc2c(cnn2[BH-](n2ncc3cc(C)ccc32)n2ncc3cc(C)ccc32)c1.[Rh]. The minimum atomic E-state index is -1.50. The van der Waals surface area contributed by atoms with Crippen molar-refractivity contribution in [3.05, 3.63) is 114 Å². The smallest absolute Gasteiger partial charge is 0.327 e. The fourth-order valence-corrected chi connectivity index (χ4v) is 6.55. The number of aryl methyl sites for hydroxylation is 3. The Hall–Kier alpha value is -3.84. The Kier molecular flexibility index (Phi) is 14.2. The summed E-state index contributed by atoms with van der Waals surface area (Å²) in [6.07, 6.45) is 24.9. The van der Waals surface area contributed by atoms with Crippen LogP contribution in [0.5, 0.6) is 0 Å². The molecular formula is C40H50BN6O2Rh-. The molecule has 0 saturated carbocycles. The van der Waals surface area contributed by atoms with Gasteiger partial charge in [-0.3, -0.25) is 0 Å². The molecule has 0 unspecified atom stereocenters. The summed E-state index contributed by atoms with van der Waals surface area (Å²) in [4.78, 5) is 0. The predicted octanol–water partition coefficient (Wildman–Crippen LogP) is 8.59. The van der Waals surface area contributed by atoms with Crippen LogP contribution in [0.1, 0.15) is 68.1 Å². The van der Waals surface area contributed by atoms with E-state index in [2.05, 4.69) is 113 Å². The molecular weight excluding hydrogens is 710 g/mol.